The SMILES string of the molecule is COCC(N)c1ccccc1[N+](=O)[O-]. The first-order valence-electron chi connectivity index (χ1n) is 4.14. The van der Waals surface area contributed by atoms with E-state index in [4.69, 9.17) is 10.5 Å². The number of methoxy groups -OCH3 is 1. The van der Waals surface area contributed by atoms with Gasteiger partial charge in [-0.3, -0.25) is 10.1 Å². The standard InChI is InChI=1S/C9H12N2O3/c1-14-6-8(10)7-4-2-3-5-9(7)11(12)13/h2-5,8H,6,10H2,1H3. The second-order valence-electron chi connectivity index (χ2n) is 2.88. The number of nitro groups is 1. The molecule has 2 N–H and O–H groups in total. The molecule has 0 radical (unpaired) electrons. The molecular formula is C9H12N2O3. The molecule has 76 valence electrons. The van der Waals surface area contributed by atoms with E-state index in [2.05, 4.69) is 0 Å². The molecule has 5 nitrogen and oxygen atoms in total. The van der Waals surface area contributed by atoms with Gasteiger partial charge in [0.1, 0.15) is 0 Å². The second kappa shape index (κ2) is 4.69. The van der Waals surface area contributed by atoms with Gasteiger partial charge < -0.3 is 10.5 Å². The summed E-state index contributed by atoms with van der Waals surface area (Å²) in [5.74, 6) is 0. The van der Waals surface area contributed by atoms with E-state index >= 15 is 0 Å². The van der Waals surface area contributed by atoms with Crippen molar-refractivity contribution in [1.29, 1.82) is 0 Å². The first kappa shape index (κ1) is 10.6. The lowest BCUT2D eigenvalue weighted by atomic mass is 10.1. The number of rotatable bonds is 4. The van der Waals surface area contributed by atoms with Gasteiger partial charge in [-0.15, -0.1) is 0 Å². The van der Waals surface area contributed by atoms with Crippen molar-refractivity contribution in [2.75, 3.05) is 13.7 Å². The molecule has 0 bridgehead atoms. The summed E-state index contributed by atoms with van der Waals surface area (Å²) >= 11 is 0. The number of nitrogens with zero attached hydrogens (tertiary/aromatic N) is 1. The maximum atomic E-state index is 10.6. The number of hydrogen-bond donors (Lipinski definition) is 1. The molecule has 0 aliphatic heterocycles. The molecule has 0 aromatic heterocycles. The van der Waals surface area contributed by atoms with Crippen molar-refractivity contribution in [1.82, 2.24) is 0 Å². The average molecular weight is 196 g/mol. The zero-order chi connectivity index (χ0) is 10.6. The molecular weight excluding hydrogens is 184 g/mol. The van der Waals surface area contributed by atoms with Crippen LogP contribution in [0.3, 0.4) is 0 Å². The Morgan fingerprint density at radius 3 is 2.79 bits per heavy atom. The molecule has 5 heteroatoms. The Morgan fingerprint density at radius 1 is 1.57 bits per heavy atom. The average Bonchev–Trinajstić information content (AvgIpc) is 2.18. The zero-order valence-electron chi connectivity index (χ0n) is 7.84. The van der Waals surface area contributed by atoms with Gasteiger partial charge in [0.25, 0.3) is 5.69 Å². The molecule has 0 spiro atoms. The van der Waals surface area contributed by atoms with Crippen LogP contribution in [0, 0.1) is 10.1 Å². The Morgan fingerprint density at radius 2 is 2.21 bits per heavy atom. The Bertz CT molecular complexity index is 328. The maximum absolute atomic E-state index is 10.6. The van der Waals surface area contributed by atoms with Gasteiger partial charge in [-0.1, -0.05) is 18.2 Å². The van der Waals surface area contributed by atoms with Crippen LogP contribution in [0.15, 0.2) is 24.3 Å². The third kappa shape index (κ3) is 2.27. The molecule has 1 unspecified atom stereocenters. The normalized spacial score (nSPS) is 12.4. The van der Waals surface area contributed by atoms with Crippen LogP contribution in [-0.4, -0.2) is 18.6 Å². The van der Waals surface area contributed by atoms with Crippen molar-refractivity contribution in [3.05, 3.63) is 39.9 Å². The topological polar surface area (TPSA) is 78.4 Å². The fourth-order valence-electron chi connectivity index (χ4n) is 1.24. The van der Waals surface area contributed by atoms with Gasteiger partial charge in [0.2, 0.25) is 0 Å². The summed E-state index contributed by atoms with van der Waals surface area (Å²) in [4.78, 5) is 10.2. The summed E-state index contributed by atoms with van der Waals surface area (Å²) in [6.07, 6.45) is 0. The minimum absolute atomic E-state index is 0.0389. The van der Waals surface area contributed by atoms with Crippen LogP contribution in [0.5, 0.6) is 0 Å². The minimum Gasteiger partial charge on any atom is -0.383 e. The van der Waals surface area contributed by atoms with Crippen LogP contribution in [0.25, 0.3) is 0 Å². The summed E-state index contributed by atoms with van der Waals surface area (Å²) in [6, 6.07) is 5.95. The second-order valence-corrected chi connectivity index (χ2v) is 2.88. The molecule has 1 aromatic carbocycles. The number of nitrogens with two attached hydrogens (primary N) is 1. The Balaban J connectivity index is 3.00. The lowest BCUT2D eigenvalue weighted by molar-refractivity contribution is -0.385. The Hall–Kier alpha value is -1.46. The highest BCUT2D eigenvalue weighted by molar-refractivity contribution is 5.41. The number of nitro benzene ring substituents is 1. The summed E-state index contributed by atoms with van der Waals surface area (Å²) in [6.45, 7) is 0.269. The number of ether oxygens (including phenoxy) is 1. The molecule has 0 fully saturated rings. The summed E-state index contributed by atoms with van der Waals surface area (Å²) in [5, 5.41) is 10.6. The highest BCUT2D eigenvalue weighted by atomic mass is 16.6. The van der Waals surface area contributed by atoms with Crippen LogP contribution < -0.4 is 5.73 Å². The van der Waals surface area contributed by atoms with E-state index in [-0.39, 0.29) is 12.3 Å². The van der Waals surface area contributed by atoms with Crippen molar-refractivity contribution in [3.8, 4) is 0 Å². The quantitative estimate of drug-likeness (QED) is 0.580. The third-order valence-corrected chi connectivity index (χ3v) is 1.88. The molecule has 0 heterocycles. The smallest absolute Gasteiger partial charge is 0.274 e. The molecule has 1 rings (SSSR count). The van der Waals surface area contributed by atoms with Gasteiger partial charge in [-0.25, -0.2) is 0 Å². The van der Waals surface area contributed by atoms with E-state index in [9.17, 15) is 10.1 Å². The minimum atomic E-state index is -0.457. The predicted octanol–water partition coefficient (Wildman–Crippen LogP) is 1.24. The van der Waals surface area contributed by atoms with Gasteiger partial charge in [-0.05, 0) is 0 Å². The number of hydrogen-bond acceptors (Lipinski definition) is 4. The van der Waals surface area contributed by atoms with E-state index in [1.807, 2.05) is 0 Å². The van der Waals surface area contributed by atoms with Crippen LogP contribution in [0.2, 0.25) is 0 Å². The number of para-hydroxylation sites is 1. The van der Waals surface area contributed by atoms with E-state index < -0.39 is 11.0 Å². The van der Waals surface area contributed by atoms with Crippen LogP contribution in [-0.2, 0) is 4.74 Å². The molecule has 1 atom stereocenters. The molecule has 0 amide bonds. The first-order valence-corrected chi connectivity index (χ1v) is 4.14. The number of benzene rings is 1. The highest BCUT2D eigenvalue weighted by Gasteiger charge is 2.17. The molecule has 0 aliphatic carbocycles. The molecule has 14 heavy (non-hydrogen) atoms. The summed E-state index contributed by atoms with van der Waals surface area (Å²) in [7, 11) is 1.51. The molecule has 1 aromatic rings. The highest BCUT2D eigenvalue weighted by Crippen LogP contribution is 2.22. The van der Waals surface area contributed by atoms with Gasteiger partial charge in [-0.2, -0.15) is 0 Å². The van der Waals surface area contributed by atoms with Crippen LogP contribution >= 0.6 is 0 Å². The van der Waals surface area contributed by atoms with Crippen molar-refractivity contribution in [2.45, 2.75) is 6.04 Å². The fourth-order valence-corrected chi connectivity index (χ4v) is 1.24. The monoisotopic (exact) mass is 196 g/mol. The summed E-state index contributed by atoms with van der Waals surface area (Å²) in [5.41, 5.74) is 6.25. The van der Waals surface area contributed by atoms with Gasteiger partial charge in [0.05, 0.1) is 17.6 Å². The van der Waals surface area contributed by atoms with Gasteiger partial charge >= 0.3 is 0 Å². The lowest BCUT2D eigenvalue weighted by Gasteiger charge is -2.10. The van der Waals surface area contributed by atoms with Crippen molar-refractivity contribution < 1.29 is 9.66 Å². The van der Waals surface area contributed by atoms with E-state index in [0.29, 0.717) is 5.56 Å². The van der Waals surface area contributed by atoms with E-state index in [1.54, 1.807) is 18.2 Å². The van der Waals surface area contributed by atoms with Gasteiger partial charge in [0.15, 0.2) is 0 Å². The molecule has 0 aliphatic rings. The zero-order valence-corrected chi connectivity index (χ0v) is 7.84. The molecule has 0 saturated heterocycles. The first-order chi connectivity index (χ1) is 6.66. The predicted molar refractivity (Wildman–Crippen MR) is 51.9 cm³/mol. The fraction of sp³-hybridized carbons (Fsp3) is 0.333. The third-order valence-electron chi connectivity index (χ3n) is 1.88. The summed E-state index contributed by atoms with van der Waals surface area (Å²) < 4.78 is 4.85. The van der Waals surface area contributed by atoms with Crippen molar-refractivity contribution in [3.63, 3.8) is 0 Å². The Kier molecular flexibility index (Phi) is 3.55. The largest absolute Gasteiger partial charge is 0.383 e. The van der Waals surface area contributed by atoms with E-state index in [1.165, 1.54) is 13.2 Å². The van der Waals surface area contributed by atoms with Crippen molar-refractivity contribution >= 4 is 5.69 Å². The Labute approximate surface area is 81.6 Å². The van der Waals surface area contributed by atoms with Crippen molar-refractivity contribution in [2.24, 2.45) is 5.73 Å². The van der Waals surface area contributed by atoms with Crippen LogP contribution in [0.4, 0.5) is 5.69 Å². The maximum Gasteiger partial charge on any atom is 0.274 e. The lowest BCUT2D eigenvalue weighted by Crippen LogP contribution is -2.17. The van der Waals surface area contributed by atoms with E-state index in [0.717, 1.165) is 0 Å². The van der Waals surface area contributed by atoms with Gasteiger partial charge in [0, 0.05) is 18.7 Å². The van der Waals surface area contributed by atoms with Crippen LogP contribution in [0.1, 0.15) is 11.6 Å². The molecule has 0 saturated carbocycles.